The highest BCUT2D eigenvalue weighted by molar-refractivity contribution is 6.38. The van der Waals surface area contributed by atoms with Gasteiger partial charge in [-0.2, -0.15) is 0 Å². The maximum absolute atomic E-state index is 12.0. The van der Waals surface area contributed by atoms with Crippen molar-refractivity contribution in [3.05, 3.63) is 76.6 Å². The Morgan fingerprint density at radius 2 is 1.89 bits per heavy atom. The van der Waals surface area contributed by atoms with Gasteiger partial charge in [0.25, 0.3) is 0 Å². The Labute approximate surface area is 218 Å². The van der Waals surface area contributed by atoms with Crippen molar-refractivity contribution in [2.45, 2.75) is 25.8 Å². The number of pyridine rings is 1. The average molecular weight is 516 g/mol. The molecule has 6 rings (SSSR count). The van der Waals surface area contributed by atoms with Crippen LogP contribution in [0.3, 0.4) is 0 Å². The first-order chi connectivity index (χ1) is 17.9. The van der Waals surface area contributed by atoms with Crippen LogP contribution < -0.4 is 0 Å². The molecule has 9 heteroatoms. The van der Waals surface area contributed by atoms with Gasteiger partial charge in [-0.1, -0.05) is 47.1 Å². The number of halogens is 1. The van der Waals surface area contributed by atoms with E-state index in [1.807, 2.05) is 38.2 Å². The number of fused-ring (bicyclic) bond motifs is 3. The Morgan fingerprint density at radius 3 is 2.57 bits per heavy atom. The average Bonchev–Trinajstić information content (AvgIpc) is 3.41. The van der Waals surface area contributed by atoms with E-state index in [9.17, 15) is 9.90 Å². The van der Waals surface area contributed by atoms with Gasteiger partial charge in [-0.05, 0) is 49.4 Å². The van der Waals surface area contributed by atoms with Gasteiger partial charge >= 0.3 is 5.97 Å². The summed E-state index contributed by atoms with van der Waals surface area (Å²) in [4.78, 5) is 16.6. The van der Waals surface area contributed by atoms with E-state index in [2.05, 4.69) is 38.1 Å². The van der Waals surface area contributed by atoms with E-state index in [1.54, 1.807) is 10.7 Å². The first-order valence-corrected chi connectivity index (χ1v) is 12.7. The third-order valence-electron chi connectivity index (χ3n) is 7.34. The van der Waals surface area contributed by atoms with Crippen LogP contribution in [-0.2, 0) is 11.8 Å². The highest BCUT2D eigenvalue weighted by Crippen LogP contribution is 2.43. The molecule has 1 aliphatic heterocycles. The molecule has 1 unspecified atom stereocenters. The molecule has 0 spiro atoms. The lowest BCUT2D eigenvalue weighted by molar-refractivity contribution is 0.0553. The number of ether oxygens (including phenoxy) is 1. The zero-order valence-electron chi connectivity index (χ0n) is 20.6. The molecule has 8 nitrogen and oxygen atoms in total. The molecular weight excluding hydrogens is 490 g/mol. The number of aromatic nitrogens is 5. The van der Waals surface area contributed by atoms with Crippen LogP contribution >= 0.6 is 11.6 Å². The zero-order valence-corrected chi connectivity index (χ0v) is 21.3. The number of carbonyl (C=O) groups is 1. The molecule has 0 saturated carbocycles. The number of benzene rings is 2. The summed E-state index contributed by atoms with van der Waals surface area (Å²) in [5.41, 5.74) is 6.18. The number of rotatable bonds is 5. The van der Waals surface area contributed by atoms with Crippen molar-refractivity contribution in [3.8, 4) is 11.3 Å². The predicted octanol–water partition coefficient (Wildman–Crippen LogP) is 5.66. The van der Waals surface area contributed by atoms with E-state index in [-0.39, 0.29) is 17.5 Å². The molecule has 2 aromatic carbocycles. The molecule has 1 fully saturated rings. The Hall–Kier alpha value is -3.75. The molecule has 37 heavy (non-hydrogen) atoms. The molecule has 0 radical (unpaired) electrons. The van der Waals surface area contributed by atoms with Crippen molar-refractivity contribution < 1.29 is 14.6 Å². The zero-order chi connectivity index (χ0) is 25.7. The van der Waals surface area contributed by atoms with Gasteiger partial charge < -0.3 is 14.4 Å². The van der Waals surface area contributed by atoms with Crippen LogP contribution in [0.1, 0.15) is 40.5 Å². The van der Waals surface area contributed by atoms with Gasteiger partial charge in [0.15, 0.2) is 0 Å². The molecule has 4 heterocycles. The third-order valence-corrected chi connectivity index (χ3v) is 7.64. The van der Waals surface area contributed by atoms with E-state index in [0.717, 1.165) is 51.8 Å². The topological polar surface area (TPSA) is 95.1 Å². The molecule has 1 N–H and O–H groups in total. The van der Waals surface area contributed by atoms with E-state index < -0.39 is 5.97 Å². The second-order valence-electron chi connectivity index (χ2n) is 9.57. The van der Waals surface area contributed by atoms with Crippen molar-refractivity contribution in [1.82, 2.24) is 24.5 Å². The smallest absolute Gasteiger partial charge is 0.337 e. The van der Waals surface area contributed by atoms with Gasteiger partial charge in [0, 0.05) is 37.4 Å². The van der Waals surface area contributed by atoms with E-state index in [1.165, 1.54) is 6.20 Å². The molecule has 0 amide bonds. The van der Waals surface area contributed by atoms with Crippen molar-refractivity contribution in [2.24, 2.45) is 13.0 Å². The lowest BCUT2D eigenvalue weighted by atomic mass is 9.86. The second-order valence-corrected chi connectivity index (χ2v) is 9.98. The standard InChI is InChI=1S/C28H26ClN5O3/c1-16-26(33(2)32-31-16)19-12-21(29)24-22(13-19)34(23-14-20(28(35)36)15-30-25(23)24)27(17-6-4-3-5-7-17)18-8-10-37-11-9-18/h3-7,12-15,18,27H,8-11H2,1-2H3,(H,35,36). The predicted molar refractivity (Wildman–Crippen MR) is 142 cm³/mol. The summed E-state index contributed by atoms with van der Waals surface area (Å²) >= 11 is 6.98. The number of aryl methyl sites for hydroxylation is 2. The molecule has 3 aromatic heterocycles. The van der Waals surface area contributed by atoms with Crippen LogP contribution in [-0.4, -0.2) is 48.8 Å². The molecule has 1 aliphatic rings. The quantitative estimate of drug-likeness (QED) is 0.324. The number of nitrogens with zero attached hydrogens (tertiary/aromatic N) is 5. The largest absolute Gasteiger partial charge is 0.478 e. The maximum atomic E-state index is 12.0. The van der Waals surface area contributed by atoms with Gasteiger partial charge in [-0.3, -0.25) is 4.98 Å². The van der Waals surface area contributed by atoms with Crippen LogP contribution in [0.4, 0.5) is 0 Å². The van der Waals surface area contributed by atoms with Crippen molar-refractivity contribution in [2.75, 3.05) is 13.2 Å². The first-order valence-electron chi connectivity index (χ1n) is 12.3. The molecule has 1 atom stereocenters. The third kappa shape index (κ3) is 3.97. The first kappa shape index (κ1) is 23.6. The van der Waals surface area contributed by atoms with E-state index >= 15 is 0 Å². The molecule has 5 aromatic rings. The summed E-state index contributed by atoms with van der Waals surface area (Å²) in [6, 6.07) is 16.0. The van der Waals surface area contributed by atoms with Gasteiger partial charge in [0.05, 0.1) is 44.6 Å². The SMILES string of the molecule is Cc1nnn(C)c1-c1cc(Cl)c2c3ncc(C(=O)O)cc3n(C(c3ccccc3)C3CCOCC3)c2c1. The Balaban J connectivity index is 1.73. The minimum atomic E-state index is -1.02. The van der Waals surface area contributed by atoms with Gasteiger partial charge in [0.2, 0.25) is 0 Å². The van der Waals surface area contributed by atoms with Crippen LogP contribution in [0.25, 0.3) is 33.2 Å². The normalized spacial score (nSPS) is 15.4. The molecule has 1 saturated heterocycles. The Bertz CT molecular complexity index is 1620. The number of carboxylic acids is 1. The minimum Gasteiger partial charge on any atom is -0.478 e. The number of hydrogen-bond donors (Lipinski definition) is 1. The lowest BCUT2D eigenvalue weighted by Crippen LogP contribution is -2.27. The fourth-order valence-electron chi connectivity index (χ4n) is 5.70. The fourth-order valence-corrected chi connectivity index (χ4v) is 6.00. The van der Waals surface area contributed by atoms with Crippen LogP contribution in [0.5, 0.6) is 0 Å². The fraction of sp³-hybridized carbons (Fsp3) is 0.286. The summed E-state index contributed by atoms with van der Waals surface area (Å²) in [5, 5.41) is 19.5. The number of aromatic carboxylic acids is 1. The summed E-state index contributed by atoms with van der Waals surface area (Å²) in [7, 11) is 1.86. The van der Waals surface area contributed by atoms with Crippen LogP contribution in [0, 0.1) is 12.8 Å². The maximum Gasteiger partial charge on any atom is 0.337 e. The number of carboxylic acid groups (broad SMARTS) is 1. The second kappa shape index (κ2) is 9.28. The molecule has 0 aliphatic carbocycles. The van der Waals surface area contributed by atoms with Gasteiger partial charge in [-0.15, -0.1) is 5.10 Å². The van der Waals surface area contributed by atoms with Crippen molar-refractivity contribution >= 4 is 39.5 Å². The van der Waals surface area contributed by atoms with Crippen LogP contribution in [0.2, 0.25) is 5.02 Å². The monoisotopic (exact) mass is 515 g/mol. The molecule has 188 valence electrons. The van der Waals surface area contributed by atoms with Crippen molar-refractivity contribution in [1.29, 1.82) is 0 Å². The molecule has 0 bridgehead atoms. The van der Waals surface area contributed by atoms with E-state index in [0.29, 0.717) is 23.8 Å². The lowest BCUT2D eigenvalue weighted by Gasteiger charge is -2.33. The Morgan fingerprint density at radius 1 is 1.14 bits per heavy atom. The highest BCUT2D eigenvalue weighted by Gasteiger charge is 2.31. The van der Waals surface area contributed by atoms with Crippen LogP contribution in [0.15, 0.2) is 54.7 Å². The summed E-state index contributed by atoms with van der Waals surface area (Å²) in [6.07, 6.45) is 3.19. The van der Waals surface area contributed by atoms with E-state index in [4.69, 9.17) is 16.3 Å². The highest BCUT2D eigenvalue weighted by atomic mass is 35.5. The van der Waals surface area contributed by atoms with Crippen molar-refractivity contribution in [3.63, 3.8) is 0 Å². The minimum absolute atomic E-state index is 0.0620. The summed E-state index contributed by atoms with van der Waals surface area (Å²) < 4.78 is 9.69. The molecular formula is C28H26ClN5O3. The summed E-state index contributed by atoms with van der Waals surface area (Å²) in [6.45, 7) is 3.30. The van der Waals surface area contributed by atoms with Gasteiger partial charge in [-0.25, -0.2) is 9.48 Å². The number of hydrogen-bond acceptors (Lipinski definition) is 5. The van der Waals surface area contributed by atoms with Gasteiger partial charge in [0.1, 0.15) is 0 Å². The summed E-state index contributed by atoms with van der Waals surface area (Å²) in [5.74, 6) is -0.733. The Kier molecular flexibility index (Phi) is 5.93.